The number of rotatable bonds is 2. The SMILES string of the molecule is CCc1ncc(-c2nnc(C(F)(F)F)o2)s1. The molecule has 2 aromatic heterocycles. The van der Waals surface area contributed by atoms with Crippen molar-refractivity contribution in [2.75, 3.05) is 0 Å². The molecule has 0 amide bonds. The highest BCUT2D eigenvalue weighted by atomic mass is 32.1. The zero-order valence-electron chi connectivity index (χ0n) is 8.08. The van der Waals surface area contributed by atoms with Crippen LogP contribution < -0.4 is 0 Å². The lowest BCUT2D eigenvalue weighted by Gasteiger charge is -1.96. The monoisotopic (exact) mass is 249 g/mol. The first kappa shape index (κ1) is 11.1. The summed E-state index contributed by atoms with van der Waals surface area (Å²) < 4.78 is 41.1. The maximum absolute atomic E-state index is 12.2. The standard InChI is InChI=1S/C8H6F3N3OS/c1-2-5-12-3-4(16-5)6-13-14-7(15-6)8(9,10)11/h3H,2H2,1H3. The van der Waals surface area contributed by atoms with Gasteiger partial charge >= 0.3 is 12.1 Å². The van der Waals surface area contributed by atoms with Crippen molar-refractivity contribution >= 4 is 11.3 Å². The third-order valence-corrected chi connectivity index (χ3v) is 2.86. The molecule has 86 valence electrons. The van der Waals surface area contributed by atoms with Gasteiger partial charge in [-0.15, -0.1) is 21.5 Å². The molecule has 0 atom stereocenters. The van der Waals surface area contributed by atoms with Gasteiger partial charge < -0.3 is 4.42 Å². The minimum absolute atomic E-state index is 0.149. The molecule has 0 aliphatic heterocycles. The molecular formula is C8H6F3N3OS. The Morgan fingerprint density at radius 3 is 2.62 bits per heavy atom. The molecule has 0 fully saturated rings. The maximum Gasteiger partial charge on any atom is 0.470 e. The van der Waals surface area contributed by atoms with E-state index in [1.165, 1.54) is 17.5 Å². The second-order valence-electron chi connectivity index (χ2n) is 2.88. The van der Waals surface area contributed by atoms with Crippen LogP contribution in [0.3, 0.4) is 0 Å². The number of aryl methyl sites for hydroxylation is 1. The first-order valence-corrected chi connectivity index (χ1v) is 5.18. The van der Waals surface area contributed by atoms with Gasteiger partial charge in [0.05, 0.1) is 11.2 Å². The summed E-state index contributed by atoms with van der Waals surface area (Å²) in [6, 6.07) is 0. The fourth-order valence-electron chi connectivity index (χ4n) is 1.01. The fraction of sp³-hybridized carbons (Fsp3) is 0.375. The average molecular weight is 249 g/mol. The quantitative estimate of drug-likeness (QED) is 0.821. The van der Waals surface area contributed by atoms with E-state index < -0.39 is 12.1 Å². The number of aromatic nitrogens is 3. The Balaban J connectivity index is 2.31. The molecule has 2 aromatic rings. The molecule has 0 bridgehead atoms. The Hall–Kier alpha value is -1.44. The number of halogens is 3. The lowest BCUT2D eigenvalue weighted by Crippen LogP contribution is -2.04. The van der Waals surface area contributed by atoms with Crippen molar-refractivity contribution in [3.63, 3.8) is 0 Å². The van der Waals surface area contributed by atoms with Crippen LogP contribution in [0, 0.1) is 0 Å². The van der Waals surface area contributed by atoms with E-state index >= 15 is 0 Å². The molecule has 2 rings (SSSR count). The summed E-state index contributed by atoms with van der Waals surface area (Å²) in [6.07, 6.45) is -2.47. The molecule has 0 unspecified atom stereocenters. The summed E-state index contributed by atoms with van der Waals surface area (Å²) in [4.78, 5) is 4.44. The van der Waals surface area contributed by atoms with E-state index in [0.717, 1.165) is 5.01 Å². The van der Waals surface area contributed by atoms with Crippen LogP contribution in [0.15, 0.2) is 10.6 Å². The number of thiazole rings is 1. The van der Waals surface area contributed by atoms with Crippen molar-refractivity contribution < 1.29 is 17.6 Å². The predicted octanol–water partition coefficient (Wildman–Crippen LogP) is 2.77. The molecule has 8 heteroatoms. The van der Waals surface area contributed by atoms with Crippen LogP contribution in [-0.2, 0) is 12.6 Å². The normalized spacial score (nSPS) is 12.0. The number of nitrogens with zero attached hydrogens (tertiary/aromatic N) is 3. The van der Waals surface area contributed by atoms with Gasteiger partial charge in [-0.25, -0.2) is 4.98 Å². The van der Waals surface area contributed by atoms with Crippen LogP contribution in [0.2, 0.25) is 0 Å². The zero-order valence-corrected chi connectivity index (χ0v) is 8.89. The van der Waals surface area contributed by atoms with E-state index in [0.29, 0.717) is 11.3 Å². The Bertz CT molecular complexity index is 491. The zero-order chi connectivity index (χ0) is 11.8. The summed E-state index contributed by atoms with van der Waals surface area (Å²) in [5.41, 5.74) is 0. The Morgan fingerprint density at radius 1 is 1.38 bits per heavy atom. The van der Waals surface area contributed by atoms with Crippen LogP contribution in [0.4, 0.5) is 13.2 Å². The van der Waals surface area contributed by atoms with E-state index in [-0.39, 0.29) is 5.89 Å². The van der Waals surface area contributed by atoms with Gasteiger partial charge in [0, 0.05) is 0 Å². The molecule has 0 aromatic carbocycles. The minimum atomic E-state index is -4.61. The summed E-state index contributed by atoms with van der Waals surface area (Å²) in [6.45, 7) is 1.90. The van der Waals surface area contributed by atoms with Crippen LogP contribution >= 0.6 is 11.3 Å². The molecule has 0 spiro atoms. The van der Waals surface area contributed by atoms with E-state index in [1.54, 1.807) is 0 Å². The molecule has 0 radical (unpaired) electrons. The topological polar surface area (TPSA) is 51.8 Å². The average Bonchev–Trinajstić information content (AvgIpc) is 2.85. The first-order chi connectivity index (χ1) is 7.50. The van der Waals surface area contributed by atoms with Crippen molar-refractivity contribution in [2.24, 2.45) is 0 Å². The van der Waals surface area contributed by atoms with Gasteiger partial charge in [-0.2, -0.15) is 13.2 Å². The van der Waals surface area contributed by atoms with Gasteiger partial charge in [0.2, 0.25) is 0 Å². The number of hydrogen-bond acceptors (Lipinski definition) is 5. The third kappa shape index (κ3) is 2.06. The van der Waals surface area contributed by atoms with Crippen molar-refractivity contribution in [1.29, 1.82) is 0 Å². The largest absolute Gasteiger partial charge is 0.470 e. The second kappa shape index (κ2) is 3.85. The summed E-state index contributed by atoms with van der Waals surface area (Å²) in [7, 11) is 0. The van der Waals surface area contributed by atoms with E-state index in [2.05, 4.69) is 19.6 Å². The molecule has 0 saturated heterocycles. The third-order valence-electron chi connectivity index (χ3n) is 1.73. The van der Waals surface area contributed by atoms with E-state index in [1.807, 2.05) is 6.92 Å². The van der Waals surface area contributed by atoms with Crippen LogP contribution in [0.25, 0.3) is 10.8 Å². The van der Waals surface area contributed by atoms with Crippen LogP contribution in [-0.4, -0.2) is 15.2 Å². The number of hydrogen-bond donors (Lipinski definition) is 0. The van der Waals surface area contributed by atoms with Crippen molar-refractivity contribution in [2.45, 2.75) is 19.5 Å². The fourth-order valence-corrected chi connectivity index (χ4v) is 1.79. The van der Waals surface area contributed by atoms with Crippen LogP contribution in [0.5, 0.6) is 0 Å². The number of alkyl halides is 3. The highest BCUT2D eigenvalue weighted by Gasteiger charge is 2.38. The lowest BCUT2D eigenvalue weighted by atomic mass is 10.5. The molecule has 16 heavy (non-hydrogen) atoms. The van der Waals surface area contributed by atoms with Gasteiger partial charge in [-0.05, 0) is 6.42 Å². The highest BCUT2D eigenvalue weighted by Crippen LogP contribution is 2.31. The van der Waals surface area contributed by atoms with Crippen LogP contribution in [0.1, 0.15) is 17.8 Å². The van der Waals surface area contributed by atoms with Gasteiger partial charge in [0.25, 0.3) is 5.89 Å². The smallest absolute Gasteiger partial charge is 0.412 e. The predicted molar refractivity (Wildman–Crippen MR) is 49.8 cm³/mol. The van der Waals surface area contributed by atoms with Crippen molar-refractivity contribution in [3.05, 3.63) is 17.1 Å². The Morgan fingerprint density at radius 2 is 2.12 bits per heavy atom. The van der Waals surface area contributed by atoms with Gasteiger partial charge in [0.15, 0.2) is 0 Å². The first-order valence-electron chi connectivity index (χ1n) is 4.36. The van der Waals surface area contributed by atoms with Gasteiger partial charge in [-0.1, -0.05) is 6.92 Å². The van der Waals surface area contributed by atoms with E-state index in [9.17, 15) is 13.2 Å². The Labute approximate surface area is 92.1 Å². The summed E-state index contributed by atoms with van der Waals surface area (Å²) in [5, 5.41) is 7.08. The highest BCUT2D eigenvalue weighted by molar-refractivity contribution is 7.15. The molecule has 4 nitrogen and oxygen atoms in total. The molecule has 0 saturated carbocycles. The van der Waals surface area contributed by atoms with Gasteiger partial charge in [-0.3, -0.25) is 0 Å². The molecule has 0 aliphatic rings. The maximum atomic E-state index is 12.2. The lowest BCUT2D eigenvalue weighted by molar-refractivity contribution is -0.156. The second-order valence-corrected chi connectivity index (χ2v) is 4.00. The Kier molecular flexibility index (Phi) is 2.66. The minimum Gasteiger partial charge on any atom is -0.412 e. The van der Waals surface area contributed by atoms with Crippen molar-refractivity contribution in [1.82, 2.24) is 15.2 Å². The summed E-state index contributed by atoms with van der Waals surface area (Å²) >= 11 is 1.24. The molecule has 0 aliphatic carbocycles. The molecular weight excluding hydrogens is 243 g/mol. The summed E-state index contributed by atoms with van der Waals surface area (Å²) in [5.74, 6) is -1.49. The van der Waals surface area contributed by atoms with E-state index in [4.69, 9.17) is 0 Å². The van der Waals surface area contributed by atoms with Gasteiger partial charge in [0.1, 0.15) is 4.88 Å². The van der Waals surface area contributed by atoms with Crippen molar-refractivity contribution in [3.8, 4) is 10.8 Å². The molecule has 0 N–H and O–H groups in total. The molecule has 2 heterocycles.